The number of likely N-dealkylation sites (tertiary alicyclic amines) is 1. The molecule has 4 nitrogen and oxygen atoms in total. The molecule has 0 aromatic carbocycles. The second-order valence-electron chi connectivity index (χ2n) is 4.03. The summed E-state index contributed by atoms with van der Waals surface area (Å²) >= 11 is 0. The summed E-state index contributed by atoms with van der Waals surface area (Å²) in [5.74, 6) is 0. The minimum absolute atomic E-state index is 0.102. The number of urea groups is 1. The smallest absolute Gasteiger partial charge is 0.319 e. The molecule has 2 amide bonds. The summed E-state index contributed by atoms with van der Waals surface area (Å²) in [6.45, 7) is 1.09. The van der Waals surface area contributed by atoms with Crippen molar-refractivity contribution in [3.05, 3.63) is 0 Å². The van der Waals surface area contributed by atoms with Crippen molar-refractivity contribution < 1.29 is 9.90 Å². The van der Waals surface area contributed by atoms with Crippen molar-refractivity contribution in [2.75, 3.05) is 27.2 Å². The Balaban J connectivity index is 2.46. The van der Waals surface area contributed by atoms with E-state index in [1.165, 1.54) is 0 Å². The molecule has 0 aliphatic carbocycles. The lowest BCUT2D eigenvalue weighted by molar-refractivity contribution is 0.160. The van der Waals surface area contributed by atoms with E-state index in [4.69, 9.17) is 5.11 Å². The van der Waals surface area contributed by atoms with Gasteiger partial charge in [0, 0.05) is 33.3 Å². The fourth-order valence-electron chi connectivity index (χ4n) is 1.97. The predicted molar refractivity (Wildman–Crippen MR) is 55.1 cm³/mol. The standard InChI is InChI=1S/C10H20N2O2/c1-11(2)10(14)12-7-3-5-9(12)6-4-8-13/h9,13H,3-8H2,1-2H3. The van der Waals surface area contributed by atoms with Gasteiger partial charge >= 0.3 is 6.03 Å². The second kappa shape index (κ2) is 5.20. The van der Waals surface area contributed by atoms with Crippen molar-refractivity contribution >= 4 is 6.03 Å². The Morgan fingerprint density at radius 1 is 1.57 bits per heavy atom. The fourth-order valence-corrected chi connectivity index (χ4v) is 1.97. The summed E-state index contributed by atoms with van der Waals surface area (Å²) in [6, 6.07) is 0.447. The van der Waals surface area contributed by atoms with Gasteiger partial charge in [-0.1, -0.05) is 0 Å². The molecule has 0 aromatic heterocycles. The molecule has 1 fully saturated rings. The van der Waals surface area contributed by atoms with E-state index < -0.39 is 0 Å². The first-order valence-corrected chi connectivity index (χ1v) is 5.25. The zero-order valence-electron chi connectivity index (χ0n) is 9.07. The van der Waals surface area contributed by atoms with Crippen LogP contribution in [0.2, 0.25) is 0 Å². The summed E-state index contributed by atoms with van der Waals surface area (Å²) in [7, 11) is 3.56. The first kappa shape index (κ1) is 11.3. The number of rotatable bonds is 3. The predicted octanol–water partition coefficient (Wildman–Crippen LogP) is 0.905. The van der Waals surface area contributed by atoms with Gasteiger partial charge in [0.05, 0.1) is 0 Å². The van der Waals surface area contributed by atoms with Crippen LogP contribution in [-0.2, 0) is 0 Å². The monoisotopic (exact) mass is 200 g/mol. The first-order chi connectivity index (χ1) is 6.66. The second-order valence-corrected chi connectivity index (χ2v) is 4.03. The number of aliphatic hydroxyl groups is 1. The maximum absolute atomic E-state index is 11.7. The molecule has 0 radical (unpaired) electrons. The van der Waals surface area contributed by atoms with Gasteiger partial charge in [-0.25, -0.2) is 4.79 Å². The number of hydrogen-bond donors (Lipinski definition) is 1. The van der Waals surface area contributed by atoms with Gasteiger partial charge in [0.15, 0.2) is 0 Å². The summed E-state index contributed by atoms with van der Waals surface area (Å²) in [4.78, 5) is 15.3. The third kappa shape index (κ3) is 2.61. The molecule has 1 saturated heterocycles. The van der Waals surface area contributed by atoms with Crippen LogP contribution < -0.4 is 0 Å². The van der Waals surface area contributed by atoms with Crippen molar-refractivity contribution in [3.63, 3.8) is 0 Å². The number of carbonyl (C=O) groups excluding carboxylic acids is 1. The van der Waals surface area contributed by atoms with Gasteiger partial charge in [0.1, 0.15) is 0 Å². The van der Waals surface area contributed by atoms with Gasteiger partial charge in [-0.15, -0.1) is 0 Å². The lowest BCUT2D eigenvalue weighted by atomic mass is 10.1. The van der Waals surface area contributed by atoms with Crippen LogP contribution >= 0.6 is 0 Å². The maximum Gasteiger partial charge on any atom is 0.319 e. The maximum atomic E-state index is 11.7. The molecule has 4 heteroatoms. The molecule has 1 heterocycles. The average molecular weight is 200 g/mol. The molecular formula is C10H20N2O2. The topological polar surface area (TPSA) is 43.8 Å². The van der Waals surface area contributed by atoms with Gasteiger partial charge in [0.2, 0.25) is 0 Å². The quantitative estimate of drug-likeness (QED) is 0.735. The van der Waals surface area contributed by atoms with Crippen LogP contribution in [-0.4, -0.2) is 54.2 Å². The Morgan fingerprint density at radius 3 is 2.86 bits per heavy atom. The molecular weight excluding hydrogens is 180 g/mol. The summed E-state index contributed by atoms with van der Waals surface area (Å²) in [5.41, 5.74) is 0. The van der Waals surface area contributed by atoms with Crippen LogP contribution in [0.5, 0.6) is 0 Å². The Bertz CT molecular complexity index is 195. The van der Waals surface area contributed by atoms with Crippen LogP contribution in [0.3, 0.4) is 0 Å². The Morgan fingerprint density at radius 2 is 2.29 bits per heavy atom. The normalized spacial score (nSPS) is 21.4. The molecule has 0 saturated carbocycles. The van der Waals surface area contributed by atoms with Crippen molar-refractivity contribution in [3.8, 4) is 0 Å². The van der Waals surface area contributed by atoms with Crippen molar-refractivity contribution in [1.82, 2.24) is 9.80 Å². The van der Waals surface area contributed by atoms with E-state index in [1.807, 2.05) is 4.90 Å². The molecule has 14 heavy (non-hydrogen) atoms. The van der Waals surface area contributed by atoms with Crippen LogP contribution in [0.1, 0.15) is 25.7 Å². The first-order valence-electron chi connectivity index (χ1n) is 5.25. The van der Waals surface area contributed by atoms with Crippen LogP contribution in [0.4, 0.5) is 4.79 Å². The molecule has 0 spiro atoms. The SMILES string of the molecule is CN(C)C(=O)N1CCCC1CCCO. The zero-order chi connectivity index (χ0) is 10.6. The van der Waals surface area contributed by atoms with E-state index in [0.29, 0.717) is 6.04 Å². The van der Waals surface area contributed by atoms with Crippen LogP contribution in [0, 0.1) is 0 Å². The Hall–Kier alpha value is -0.770. The van der Waals surface area contributed by atoms with Gasteiger partial charge in [-0.05, 0) is 25.7 Å². The van der Waals surface area contributed by atoms with E-state index in [2.05, 4.69) is 0 Å². The lowest BCUT2D eigenvalue weighted by Crippen LogP contribution is -2.42. The summed E-state index contributed by atoms with van der Waals surface area (Å²) < 4.78 is 0. The van der Waals surface area contributed by atoms with Crippen molar-refractivity contribution in [2.45, 2.75) is 31.7 Å². The van der Waals surface area contributed by atoms with E-state index >= 15 is 0 Å². The third-order valence-corrected chi connectivity index (χ3v) is 2.70. The largest absolute Gasteiger partial charge is 0.396 e. The fraction of sp³-hybridized carbons (Fsp3) is 0.900. The summed E-state index contributed by atoms with van der Waals surface area (Å²) in [6.07, 6.45) is 3.90. The van der Waals surface area contributed by atoms with Gasteiger partial charge in [-0.2, -0.15) is 0 Å². The lowest BCUT2D eigenvalue weighted by Gasteiger charge is -2.27. The number of nitrogens with zero attached hydrogens (tertiary/aromatic N) is 2. The Kier molecular flexibility index (Phi) is 4.20. The highest BCUT2D eigenvalue weighted by atomic mass is 16.3. The Labute approximate surface area is 85.5 Å². The summed E-state index contributed by atoms with van der Waals surface area (Å²) in [5, 5.41) is 8.75. The van der Waals surface area contributed by atoms with E-state index in [9.17, 15) is 4.79 Å². The van der Waals surface area contributed by atoms with Crippen molar-refractivity contribution in [1.29, 1.82) is 0 Å². The molecule has 1 rings (SSSR count). The highest BCUT2D eigenvalue weighted by molar-refractivity contribution is 5.74. The number of aliphatic hydroxyl groups excluding tert-OH is 1. The minimum atomic E-state index is 0.102. The molecule has 0 aromatic rings. The van der Waals surface area contributed by atoms with Gasteiger partial charge in [0.25, 0.3) is 0 Å². The third-order valence-electron chi connectivity index (χ3n) is 2.70. The van der Waals surface area contributed by atoms with E-state index in [0.717, 1.165) is 32.2 Å². The van der Waals surface area contributed by atoms with Crippen molar-refractivity contribution in [2.24, 2.45) is 0 Å². The van der Waals surface area contributed by atoms with E-state index in [1.54, 1.807) is 19.0 Å². The minimum Gasteiger partial charge on any atom is -0.396 e. The highest BCUT2D eigenvalue weighted by Crippen LogP contribution is 2.21. The number of hydrogen-bond acceptors (Lipinski definition) is 2. The van der Waals surface area contributed by atoms with E-state index in [-0.39, 0.29) is 12.6 Å². The molecule has 0 bridgehead atoms. The highest BCUT2D eigenvalue weighted by Gasteiger charge is 2.28. The number of amides is 2. The van der Waals surface area contributed by atoms with Gasteiger partial charge in [-0.3, -0.25) is 0 Å². The molecule has 1 aliphatic heterocycles. The molecule has 1 unspecified atom stereocenters. The average Bonchev–Trinajstić information content (AvgIpc) is 2.61. The molecule has 1 atom stereocenters. The number of carbonyl (C=O) groups is 1. The molecule has 1 aliphatic rings. The molecule has 1 N–H and O–H groups in total. The van der Waals surface area contributed by atoms with Gasteiger partial charge < -0.3 is 14.9 Å². The zero-order valence-corrected chi connectivity index (χ0v) is 9.07. The molecule has 82 valence electrons. The van der Waals surface area contributed by atoms with Crippen LogP contribution in [0.25, 0.3) is 0 Å². The van der Waals surface area contributed by atoms with Crippen LogP contribution in [0.15, 0.2) is 0 Å².